The molecule has 5 heteroatoms. The lowest BCUT2D eigenvalue weighted by atomic mass is 10.1. The Morgan fingerprint density at radius 1 is 1.44 bits per heavy atom. The van der Waals surface area contributed by atoms with Crippen LogP contribution in [0.4, 0.5) is 16.2 Å². The van der Waals surface area contributed by atoms with Crippen LogP contribution in [0.15, 0.2) is 29.3 Å². The first-order valence-electron chi connectivity index (χ1n) is 5.56. The zero-order valence-electron chi connectivity index (χ0n) is 10.9. The third-order valence-electron chi connectivity index (χ3n) is 2.38. The number of nitrogens with one attached hydrogen (secondary N) is 2. The number of halogens is 1. The minimum absolute atomic E-state index is 0.243. The maximum Gasteiger partial charge on any atom is 0.319 e. The molecule has 0 fully saturated rings. The summed E-state index contributed by atoms with van der Waals surface area (Å²) in [7, 11) is 3.98. The van der Waals surface area contributed by atoms with Gasteiger partial charge >= 0.3 is 6.03 Å². The molecule has 0 bridgehead atoms. The second-order valence-electron chi connectivity index (χ2n) is 4.22. The van der Waals surface area contributed by atoms with Gasteiger partial charge in [-0.1, -0.05) is 22.5 Å². The Kier molecular flexibility index (Phi) is 5.22. The SMILES string of the molecule is C=C(Br)CNC(=O)Nc1ccc(N(C)C)c(C)c1. The van der Waals surface area contributed by atoms with Crippen molar-refractivity contribution >= 4 is 33.3 Å². The van der Waals surface area contributed by atoms with Gasteiger partial charge < -0.3 is 15.5 Å². The van der Waals surface area contributed by atoms with E-state index in [0.29, 0.717) is 6.54 Å². The molecule has 0 saturated heterocycles. The van der Waals surface area contributed by atoms with Crippen LogP contribution in [-0.4, -0.2) is 26.7 Å². The Labute approximate surface area is 116 Å². The number of rotatable bonds is 4. The molecule has 0 radical (unpaired) electrons. The summed E-state index contributed by atoms with van der Waals surface area (Å²) in [6, 6.07) is 5.56. The maximum absolute atomic E-state index is 11.6. The molecule has 1 aromatic carbocycles. The van der Waals surface area contributed by atoms with E-state index >= 15 is 0 Å². The molecule has 1 aromatic rings. The quantitative estimate of drug-likeness (QED) is 0.897. The Hall–Kier alpha value is -1.49. The van der Waals surface area contributed by atoms with Crippen molar-refractivity contribution in [2.75, 3.05) is 30.9 Å². The number of anilines is 2. The molecule has 0 unspecified atom stereocenters. The van der Waals surface area contributed by atoms with E-state index in [1.54, 1.807) is 0 Å². The number of hydrogen-bond donors (Lipinski definition) is 2. The summed E-state index contributed by atoms with van der Waals surface area (Å²) < 4.78 is 0.733. The van der Waals surface area contributed by atoms with Crippen LogP contribution in [-0.2, 0) is 0 Å². The molecule has 0 aliphatic heterocycles. The first-order chi connectivity index (χ1) is 8.40. The van der Waals surface area contributed by atoms with Gasteiger partial charge in [0, 0.05) is 30.0 Å². The van der Waals surface area contributed by atoms with E-state index in [-0.39, 0.29) is 6.03 Å². The van der Waals surface area contributed by atoms with Gasteiger partial charge in [0.25, 0.3) is 0 Å². The number of carbonyl (C=O) groups is 1. The van der Waals surface area contributed by atoms with Gasteiger partial charge in [-0.25, -0.2) is 4.79 Å². The van der Waals surface area contributed by atoms with Gasteiger partial charge in [-0.15, -0.1) is 0 Å². The molecule has 2 N–H and O–H groups in total. The number of hydrogen-bond acceptors (Lipinski definition) is 2. The molecule has 0 aliphatic rings. The van der Waals surface area contributed by atoms with E-state index in [0.717, 1.165) is 21.4 Å². The van der Waals surface area contributed by atoms with Gasteiger partial charge in [-0.3, -0.25) is 0 Å². The summed E-state index contributed by atoms with van der Waals surface area (Å²) >= 11 is 3.18. The molecule has 0 spiro atoms. The molecule has 0 heterocycles. The third-order valence-corrected chi connectivity index (χ3v) is 2.66. The predicted molar refractivity (Wildman–Crippen MR) is 80.6 cm³/mol. The highest BCUT2D eigenvalue weighted by Crippen LogP contribution is 2.21. The van der Waals surface area contributed by atoms with Gasteiger partial charge in [0.15, 0.2) is 0 Å². The molecule has 0 saturated carbocycles. The van der Waals surface area contributed by atoms with Crippen molar-refractivity contribution in [1.82, 2.24) is 5.32 Å². The molecular weight excluding hydrogens is 294 g/mol. The molecule has 98 valence electrons. The van der Waals surface area contributed by atoms with Crippen LogP contribution in [0.3, 0.4) is 0 Å². The van der Waals surface area contributed by atoms with Crippen molar-refractivity contribution in [2.45, 2.75) is 6.92 Å². The lowest BCUT2D eigenvalue weighted by molar-refractivity contribution is 0.253. The lowest BCUT2D eigenvalue weighted by Crippen LogP contribution is -2.29. The summed E-state index contributed by atoms with van der Waals surface area (Å²) in [5.41, 5.74) is 3.02. The minimum atomic E-state index is -0.243. The van der Waals surface area contributed by atoms with Crippen LogP contribution in [0.5, 0.6) is 0 Å². The molecule has 0 atom stereocenters. The highest BCUT2D eigenvalue weighted by Gasteiger charge is 2.04. The molecule has 18 heavy (non-hydrogen) atoms. The number of carbonyl (C=O) groups excluding carboxylic acids is 1. The fourth-order valence-electron chi connectivity index (χ4n) is 1.59. The largest absolute Gasteiger partial charge is 0.377 e. The van der Waals surface area contributed by atoms with Crippen molar-refractivity contribution in [1.29, 1.82) is 0 Å². The smallest absolute Gasteiger partial charge is 0.319 e. The van der Waals surface area contributed by atoms with E-state index in [4.69, 9.17) is 0 Å². The van der Waals surface area contributed by atoms with E-state index in [1.807, 2.05) is 44.1 Å². The minimum Gasteiger partial charge on any atom is -0.377 e. The molecular formula is C13H18BrN3O. The summed E-state index contributed by atoms with van der Waals surface area (Å²) in [6.07, 6.45) is 0. The average Bonchev–Trinajstić information content (AvgIpc) is 2.26. The molecule has 0 aliphatic carbocycles. The van der Waals surface area contributed by atoms with Gasteiger partial charge in [0.05, 0.1) is 6.54 Å². The van der Waals surface area contributed by atoms with Gasteiger partial charge in [-0.05, 0) is 30.7 Å². The van der Waals surface area contributed by atoms with Gasteiger partial charge in [-0.2, -0.15) is 0 Å². The molecule has 2 amide bonds. The summed E-state index contributed by atoms with van der Waals surface area (Å²) in [5, 5.41) is 5.45. The fraction of sp³-hybridized carbons (Fsp3) is 0.308. The summed E-state index contributed by atoms with van der Waals surface area (Å²) in [6.45, 7) is 6.06. The van der Waals surface area contributed by atoms with E-state index in [1.165, 1.54) is 0 Å². The summed E-state index contributed by atoms with van der Waals surface area (Å²) in [5.74, 6) is 0. The van der Waals surface area contributed by atoms with Crippen LogP contribution < -0.4 is 15.5 Å². The first kappa shape index (κ1) is 14.6. The molecule has 1 rings (SSSR count). The standard InChI is InChI=1S/C13H18BrN3O/c1-9-7-11(5-6-12(9)17(3)4)16-13(18)15-8-10(2)14/h5-7H,2,8H2,1,3-4H3,(H2,15,16,18). The van der Waals surface area contributed by atoms with E-state index in [9.17, 15) is 4.79 Å². The first-order valence-corrected chi connectivity index (χ1v) is 6.35. The topological polar surface area (TPSA) is 44.4 Å². The third kappa shape index (κ3) is 4.41. The van der Waals surface area contributed by atoms with Gasteiger partial charge in [0.2, 0.25) is 0 Å². The van der Waals surface area contributed by atoms with Crippen LogP contribution >= 0.6 is 15.9 Å². The van der Waals surface area contributed by atoms with Crippen molar-refractivity contribution in [3.63, 3.8) is 0 Å². The number of nitrogens with zero attached hydrogens (tertiary/aromatic N) is 1. The van der Waals surface area contributed by atoms with E-state index in [2.05, 4.69) is 33.1 Å². The van der Waals surface area contributed by atoms with Crippen molar-refractivity contribution < 1.29 is 4.79 Å². The molecule has 0 aromatic heterocycles. The average molecular weight is 312 g/mol. The Morgan fingerprint density at radius 2 is 2.11 bits per heavy atom. The van der Waals surface area contributed by atoms with Crippen molar-refractivity contribution in [3.8, 4) is 0 Å². The Bertz CT molecular complexity index is 458. The highest BCUT2D eigenvalue weighted by molar-refractivity contribution is 9.11. The number of aryl methyl sites for hydroxylation is 1. The van der Waals surface area contributed by atoms with E-state index < -0.39 is 0 Å². The number of benzene rings is 1. The summed E-state index contributed by atoms with van der Waals surface area (Å²) in [4.78, 5) is 13.6. The predicted octanol–water partition coefficient (Wildman–Crippen LogP) is 3.09. The Morgan fingerprint density at radius 3 is 2.61 bits per heavy atom. The van der Waals surface area contributed by atoms with Crippen LogP contribution in [0.1, 0.15) is 5.56 Å². The number of amides is 2. The van der Waals surface area contributed by atoms with Gasteiger partial charge in [0.1, 0.15) is 0 Å². The van der Waals surface area contributed by atoms with Crippen LogP contribution in [0, 0.1) is 6.92 Å². The number of urea groups is 1. The lowest BCUT2D eigenvalue weighted by Gasteiger charge is -2.16. The second kappa shape index (κ2) is 6.44. The zero-order valence-corrected chi connectivity index (χ0v) is 12.5. The molecule has 4 nitrogen and oxygen atoms in total. The maximum atomic E-state index is 11.6. The fourth-order valence-corrected chi connectivity index (χ4v) is 1.73. The monoisotopic (exact) mass is 311 g/mol. The zero-order chi connectivity index (χ0) is 13.7. The van der Waals surface area contributed by atoms with Crippen molar-refractivity contribution in [2.24, 2.45) is 0 Å². The highest BCUT2D eigenvalue weighted by atomic mass is 79.9. The second-order valence-corrected chi connectivity index (χ2v) is 5.34. The normalized spacial score (nSPS) is 9.78. The van der Waals surface area contributed by atoms with Crippen LogP contribution in [0.2, 0.25) is 0 Å². The van der Waals surface area contributed by atoms with Crippen LogP contribution in [0.25, 0.3) is 0 Å². The Balaban J connectivity index is 2.66. The van der Waals surface area contributed by atoms with Crippen molar-refractivity contribution in [3.05, 3.63) is 34.8 Å².